The molecule has 0 spiro atoms. The molecule has 0 fully saturated rings. The maximum Gasteiger partial charge on any atom is 0.339 e. The Balaban J connectivity index is 2.94. The molecule has 1 amide bonds. The molecule has 7 heteroatoms. The molecule has 0 aliphatic heterocycles. The number of hydrogen-bond acceptors (Lipinski definition) is 4. The second-order valence-corrected chi connectivity index (χ2v) is 3.24. The van der Waals surface area contributed by atoms with Gasteiger partial charge >= 0.3 is 5.97 Å². The SMILES string of the molecule is C[C@H](OC(=O)c1cc(F)c(O)c(F)c1)C(N)=O. The van der Waals surface area contributed by atoms with Gasteiger partial charge < -0.3 is 15.6 Å². The zero-order valence-corrected chi connectivity index (χ0v) is 8.74. The molecule has 5 nitrogen and oxygen atoms in total. The molecule has 0 heterocycles. The highest BCUT2D eigenvalue weighted by atomic mass is 19.1. The van der Waals surface area contributed by atoms with Crippen LogP contribution in [0.15, 0.2) is 12.1 Å². The molecule has 0 bridgehead atoms. The third-order valence-electron chi connectivity index (χ3n) is 1.94. The Kier molecular flexibility index (Phi) is 3.62. The summed E-state index contributed by atoms with van der Waals surface area (Å²) in [7, 11) is 0. The minimum absolute atomic E-state index is 0.467. The van der Waals surface area contributed by atoms with Gasteiger partial charge in [0.1, 0.15) is 0 Å². The van der Waals surface area contributed by atoms with Gasteiger partial charge in [-0.05, 0) is 19.1 Å². The Morgan fingerprint density at radius 3 is 2.24 bits per heavy atom. The van der Waals surface area contributed by atoms with Crippen molar-refractivity contribution in [2.24, 2.45) is 5.73 Å². The van der Waals surface area contributed by atoms with Gasteiger partial charge in [0.05, 0.1) is 5.56 Å². The molecule has 0 radical (unpaired) electrons. The number of aromatic hydroxyl groups is 1. The van der Waals surface area contributed by atoms with E-state index >= 15 is 0 Å². The topological polar surface area (TPSA) is 89.6 Å². The zero-order valence-electron chi connectivity index (χ0n) is 8.74. The summed E-state index contributed by atoms with van der Waals surface area (Å²) in [6.07, 6.45) is -1.22. The van der Waals surface area contributed by atoms with Crippen LogP contribution in [0.3, 0.4) is 0 Å². The molecule has 0 aromatic heterocycles. The van der Waals surface area contributed by atoms with Crippen molar-refractivity contribution >= 4 is 11.9 Å². The van der Waals surface area contributed by atoms with Gasteiger partial charge in [0.25, 0.3) is 5.91 Å². The predicted octanol–water partition coefficient (Wildman–Crippen LogP) is 0.701. The fourth-order valence-electron chi connectivity index (χ4n) is 0.970. The minimum atomic E-state index is -1.30. The predicted molar refractivity (Wildman–Crippen MR) is 52.1 cm³/mol. The van der Waals surface area contributed by atoms with Gasteiger partial charge in [-0.15, -0.1) is 0 Å². The maximum absolute atomic E-state index is 12.9. The van der Waals surface area contributed by atoms with Crippen molar-refractivity contribution in [3.05, 3.63) is 29.3 Å². The summed E-state index contributed by atoms with van der Waals surface area (Å²) in [5.74, 6) is -5.80. The molecule has 0 aliphatic rings. The van der Waals surface area contributed by atoms with Crippen molar-refractivity contribution in [3.8, 4) is 5.75 Å². The lowest BCUT2D eigenvalue weighted by atomic mass is 10.2. The standard InChI is InChI=1S/C10H9F2NO4/c1-4(9(13)15)17-10(16)5-2-6(11)8(14)7(12)3-5/h2-4,14H,1H3,(H2,13,15)/t4-/m0/s1. The number of primary amides is 1. The molecule has 0 saturated heterocycles. The van der Waals surface area contributed by atoms with Crippen LogP contribution in [0.25, 0.3) is 0 Å². The van der Waals surface area contributed by atoms with Crippen LogP contribution in [-0.2, 0) is 9.53 Å². The van der Waals surface area contributed by atoms with E-state index in [4.69, 9.17) is 10.8 Å². The summed E-state index contributed by atoms with van der Waals surface area (Å²) in [5, 5.41) is 8.81. The fraction of sp³-hybridized carbons (Fsp3) is 0.200. The van der Waals surface area contributed by atoms with Gasteiger partial charge in [-0.25, -0.2) is 13.6 Å². The Labute approximate surface area is 94.8 Å². The zero-order chi connectivity index (χ0) is 13.2. The largest absolute Gasteiger partial charge is 0.503 e. The first-order valence-corrected chi connectivity index (χ1v) is 4.51. The molecule has 0 aliphatic carbocycles. The summed E-state index contributed by atoms with van der Waals surface area (Å²) in [6, 6.07) is 1.18. The molecule has 1 aromatic carbocycles. The van der Waals surface area contributed by atoms with Gasteiger partial charge in [0.2, 0.25) is 0 Å². The summed E-state index contributed by atoms with van der Waals surface area (Å²) >= 11 is 0. The van der Waals surface area contributed by atoms with Gasteiger partial charge in [-0.1, -0.05) is 0 Å². The van der Waals surface area contributed by atoms with E-state index < -0.39 is 40.9 Å². The van der Waals surface area contributed by atoms with Crippen molar-refractivity contribution in [1.82, 2.24) is 0 Å². The average Bonchev–Trinajstić information content (AvgIpc) is 2.24. The van der Waals surface area contributed by atoms with Gasteiger partial charge in [0, 0.05) is 0 Å². The van der Waals surface area contributed by atoms with Crippen LogP contribution < -0.4 is 5.73 Å². The first-order chi connectivity index (χ1) is 7.82. The molecule has 0 unspecified atom stereocenters. The van der Waals surface area contributed by atoms with E-state index in [0.717, 1.165) is 0 Å². The van der Waals surface area contributed by atoms with Crippen LogP contribution in [-0.4, -0.2) is 23.1 Å². The van der Waals surface area contributed by atoms with Crippen molar-refractivity contribution < 1.29 is 28.2 Å². The summed E-state index contributed by atoms with van der Waals surface area (Å²) in [5.41, 5.74) is 4.38. The third-order valence-corrected chi connectivity index (χ3v) is 1.94. The van der Waals surface area contributed by atoms with E-state index in [0.29, 0.717) is 12.1 Å². The lowest BCUT2D eigenvalue weighted by Gasteiger charge is -2.09. The second-order valence-electron chi connectivity index (χ2n) is 3.24. The summed E-state index contributed by atoms with van der Waals surface area (Å²) < 4.78 is 30.3. The molecular weight excluding hydrogens is 236 g/mol. The number of amides is 1. The number of ether oxygens (including phenoxy) is 1. The number of benzene rings is 1. The van der Waals surface area contributed by atoms with Crippen LogP contribution in [0.5, 0.6) is 5.75 Å². The average molecular weight is 245 g/mol. The lowest BCUT2D eigenvalue weighted by Crippen LogP contribution is -2.30. The quantitative estimate of drug-likeness (QED) is 0.767. The Bertz CT molecular complexity index is 452. The van der Waals surface area contributed by atoms with Crippen molar-refractivity contribution in [1.29, 1.82) is 0 Å². The monoisotopic (exact) mass is 245 g/mol. The van der Waals surface area contributed by atoms with Gasteiger partial charge in [-0.2, -0.15) is 0 Å². The molecule has 1 atom stereocenters. The summed E-state index contributed by atoms with van der Waals surface area (Å²) in [6.45, 7) is 1.22. The summed E-state index contributed by atoms with van der Waals surface area (Å²) in [4.78, 5) is 21.9. The number of phenols is 1. The van der Waals surface area contributed by atoms with E-state index in [1.165, 1.54) is 6.92 Å². The normalized spacial score (nSPS) is 11.9. The van der Waals surface area contributed by atoms with Gasteiger partial charge in [0.15, 0.2) is 23.5 Å². The highest BCUT2D eigenvalue weighted by Gasteiger charge is 2.19. The van der Waals surface area contributed by atoms with E-state index in [9.17, 15) is 18.4 Å². The van der Waals surface area contributed by atoms with Crippen molar-refractivity contribution in [3.63, 3.8) is 0 Å². The van der Waals surface area contributed by atoms with Crippen LogP contribution >= 0.6 is 0 Å². The highest BCUT2D eigenvalue weighted by Crippen LogP contribution is 2.21. The Morgan fingerprint density at radius 2 is 1.82 bits per heavy atom. The van der Waals surface area contributed by atoms with E-state index in [2.05, 4.69) is 4.74 Å². The van der Waals surface area contributed by atoms with Crippen LogP contribution in [0, 0.1) is 11.6 Å². The smallest absolute Gasteiger partial charge is 0.339 e. The molecular formula is C10H9F2NO4. The number of hydrogen-bond donors (Lipinski definition) is 2. The first-order valence-electron chi connectivity index (χ1n) is 4.51. The highest BCUT2D eigenvalue weighted by molar-refractivity contribution is 5.92. The number of esters is 1. The van der Waals surface area contributed by atoms with Crippen LogP contribution in [0.4, 0.5) is 8.78 Å². The Hall–Kier alpha value is -2.18. The Morgan fingerprint density at radius 1 is 1.35 bits per heavy atom. The van der Waals surface area contributed by atoms with Gasteiger partial charge in [-0.3, -0.25) is 4.79 Å². The molecule has 1 rings (SSSR count). The second kappa shape index (κ2) is 4.77. The number of phenolic OH excluding ortho intramolecular Hbond substituents is 1. The number of rotatable bonds is 3. The number of carbonyl (C=O) groups is 2. The lowest BCUT2D eigenvalue weighted by molar-refractivity contribution is -0.125. The molecule has 0 saturated carbocycles. The molecule has 3 N–H and O–H groups in total. The van der Waals surface area contributed by atoms with Crippen LogP contribution in [0.2, 0.25) is 0 Å². The molecule has 17 heavy (non-hydrogen) atoms. The van der Waals surface area contributed by atoms with Crippen molar-refractivity contribution in [2.75, 3.05) is 0 Å². The molecule has 1 aromatic rings. The minimum Gasteiger partial charge on any atom is -0.503 e. The van der Waals surface area contributed by atoms with E-state index in [1.54, 1.807) is 0 Å². The fourth-order valence-corrected chi connectivity index (χ4v) is 0.970. The van der Waals surface area contributed by atoms with E-state index in [-0.39, 0.29) is 0 Å². The first kappa shape index (κ1) is 12.9. The number of carbonyl (C=O) groups excluding carboxylic acids is 2. The maximum atomic E-state index is 12.9. The molecule has 92 valence electrons. The third kappa shape index (κ3) is 2.90. The number of halogens is 2. The van der Waals surface area contributed by atoms with E-state index in [1.807, 2.05) is 0 Å². The van der Waals surface area contributed by atoms with Crippen LogP contribution in [0.1, 0.15) is 17.3 Å². The van der Waals surface area contributed by atoms with Crippen molar-refractivity contribution in [2.45, 2.75) is 13.0 Å². The number of nitrogens with two attached hydrogens (primary N) is 1.